The Bertz CT molecular complexity index is 642. The maximum absolute atomic E-state index is 6.36. The predicted octanol–water partition coefficient (Wildman–Crippen LogP) is 6.47. The van der Waals surface area contributed by atoms with Crippen molar-refractivity contribution in [2.45, 2.75) is 12.8 Å². The summed E-state index contributed by atoms with van der Waals surface area (Å²) in [5.74, 6) is 0.967. The van der Waals surface area contributed by atoms with Gasteiger partial charge in [0, 0.05) is 5.92 Å². The van der Waals surface area contributed by atoms with Crippen molar-refractivity contribution >= 4 is 46.4 Å². The van der Waals surface area contributed by atoms with Gasteiger partial charge in [-0.05, 0) is 23.3 Å². The van der Waals surface area contributed by atoms with Crippen LogP contribution >= 0.6 is 46.4 Å². The lowest BCUT2D eigenvalue weighted by Crippen LogP contribution is -2.00. The van der Waals surface area contributed by atoms with Gasteiger partial charge in [-0.15, -0.1) is 0 Å². The summed E-state index contributed by atoms with van der Waals surface area (Å²) in [7, 11) is 3.08. The molecule has 2 aromatic rings. The van der Waals surface area contributed by atoms with Crippen LogP contribution < -0.4 is 9.47 Å². The third kappa shape index (κ3) is 3.11. The van der Waals surface area contributed by atoms with Gasteiger partial charge in [0.05, 0.1) is 24.3 Å². The van der Waals surface area contributed by atoms with Crippen LogP contribution in [0.1, 0.15) is 24.0 Å². The molecule has 0 atom stereocenters. The van der Waals surface area contributed by atoms with Crippen molar-refractivity contribution in [1.82, 2.24) is 0 Å². The van der Waals surface area contributed by atoms with Gasteiger partial charge in [-0.3, -0.25) is 0 Å². The summed E-state index contributed by atoms with van der Waals surface area (Å²) in [4.78, 5) is 0. The summed E-state index contributed by atoms with van der Waals surface area (Å²) in [6.45, 7) is 1.98. The fraction of sp³-hybridized carbons (Fsp3) is 0.250. The van der Waals surface area contributed by atoms with Gasteiger partial charge in [0.2, 0.25) is 0 Å². The molecule has 6 heteroatoms. The molecule has 0 saturated heterocycles. The van der Waals surface area contributed by atoms with Crippen LogP contribution in [0.15, 0.2) is 24.3 Å². The molecule has 0 N–H and O–H groups in total. The molecule has 0 unspecified atom stereocenters. The Hall–Kier alpha value is -0.800. The van der Waals surface area contributed by atoms with Gasteiger partial charge in [0.25, 0.3) is 0 Å². The number of halogens is 4. The third-order valence-corrected chi connectivity index (χ3v) is 5.28. The van der Waals surface area contributed by atoms with Crippen molar-refractivity contribution in [2.75, 3.05) is 14.2 Å². The van der Waals surface area contributed by atoms with E-state index in [2.05, 4.69) is 0 Å². The highest BCUT2D eigenvalue weighted by molar-refractivity contribution is 6.44. The average molecular weight is 380 g/mol. The second-order valence-corrected chi connectivity index (χ2v) is 6.20. The Morgan fingerprint density at radius 2 is 1.05 bits per heavy atom. The largest absolute Gasteiger partial charge is 0.495 e. The van der Waals surface area contributed by atoms with E-state index >= 15 is 0 Å². The van der Waals surface area contributed by atoms with Crippen LogP contribution in [0, 0.1) is 0 Å². The zero-order valence-electron chi connectivity index (χ0n) is 12.2. The fourth-order valence-corrected chi connectivity index (χ4v) is 3.38. The van der Waals surface area contributed by atoms with Gasteiger partial charge < -0.3 is 9.47 Å². The Morgan fingerprint density at radius 3 is 1.36 bits per heavy atom. The molecule has 0 heterocycles. The summed E-state index contributed by atoms with van der Waals surface area (Å²) in [5.41, 5.74) is 1.69. The summed E-state index contributed by atoms with van der Waals surface area (Å²) in [5, 5.41) is 1.64. The van der Waals surface area contributed by atoms with E-state index in [9.17, 15) is 0 Å². The van der Waals surface area contributed by atoms with Crippen LogP contribution in [0.3, 0.4) is 0 Å². The number of rotatable bonds is 4. The number of hydrogen-bond donors (Lipinski definition) is 0. The lowest BCUT2D eigenvalue weighted by atomic mass is 9.93. The van der Waals surface area contributed by atoms with Gasteiger partial charge in [0.15, 0.2) is 0 Å². The molecule has 2 aromatic carbocycles. The molecule has 0 bridgehead atoms. The molecule has 0 aliphatic heterocycles. The first-order valence-electron chi connectivity index (χ1n) is 6.46. The normalized spacial score (nSPS) is 10.9. The Morgan fingerprint density at radius 1 is 0.682 bits per heavy atom. The lowest BCUT2D eigenvalue weighted by Gasteiger charge is -2.19. The monoisotopic (exact) mass is 378 g/mol. The minimum Gasteiger partial charge on any atom is -0.495 e. The van der Waals surface area contributed by atoms with E-state index < -0.39 is 0 Å². The molecular weight excluding hydrogens is 366 g/mol. The second kappa shape index (κ2) is 7.18. The minimum atomic E-state index is -0.0909. The molecule has 0 aliphatic carbocycles. The van der Waals surface area contributed by atoms with Gasteiger partial charge in [0.1, 0.15) is 21.5 Å². The minimum absolute atomic E-state index is 0.0909. The van der Waals surface area contributed by atoms with E-state index in [0.717, 1.165) is 11.1 Å². The zero-order chi connectivity index (χ0) is 16.4. The summed E-state index contributed by atoms with van der Waals surface area (Å²) >= 11 is 25.1. The van der Waals surface area contributed by atoms with Gasteiger partial charge in [-0.1, -0.05) is 65.5 Å². The Kier molecular flexibility index (Phi) is 5.73. The first kappa shape index (κ1) is 17.6. The van der Waals surface area contributed by atoms with Crippen molar-refractivity contribution in [3.63, 3.8) is 0 Å². The van der Waals surface area contributed by atoms with Crippen molar-refractivity contribution < 1.29 is 9.47 Å². The van der Waals surface area contributed by atoms with Gasteiger partial charge >= 0.3 is 0 Å². The average Bonchev–Trinajstić information content (AvgIpc) is 2.52. The van der Waals surface area contributed by atoms with Gasteiger partial charge in [-0.2, -0.15) is 0 Å². The van der Waals surface area contributed by atoms with Gasteiger partial charge in [-0.25, -0.2) is 0 Å². The van der Waals surface area contributed by atoms with Crippen molar-refractivity contribution in [3.8, 4) is 11.5 Å². The highest BCUT2D eigenvalue weighted by Gasteiger charge is 2.21. The van der Waals surface area contributed by atoms with E-state index in [0.29, 0.717) is 31.6 Å². The molecular formula is C16H14Cl4O2. The molecule has 0 aliphatic rings. The first-order valence-corrected chi connectivity index (χ1v) is 7.97. The number of hydrogen-bond acceptors (Lipinski definition) is 2. The van der Waals surface area contributed by atoms with E-state index in [-0.39, 0.29) is 5.92 Å². The van der Waals surface area contributed by atoms with Crippen molar-refractivity contribution in [2.24, 2.45) is 0 Å². The molecule has 0 radical (unpaired) electrons. The predicted molar refractivity (Wildman–Crippen MR) is 93.5 cm³/mol. The molecule has 0 spiro atoms. The Balaban J connectivity index is 2.51. The molecule has 22 heavy (non-hydrogen) atoms. The molecule has 2 rings (SSSR count). The number of methoxy groups -OCH3 is 2. The smallest absolute Gasteiger partial charge is 0.138 e. The van der Waals surface area contributed by atoms with E-state index in [4.69, 9.17) is 55.9 Å². The van der Waals surface area contributed by atoms with Crippen LogP contribution in [-0.2, 0) is 0 Å². The topological polar surface area (TPSA) is 18.5 Å². The van der Waals surface area contributed by atoms with Crippen LogP contribution in [-0.4, -0.2) is 14.2 Å². The quantitative estimate of drug-likeness (QED) is 0.605. The molecule has 118 valence electrons. The number of benzene rings is 2. The summed E-state index contributed by atoms with van der Waals surface area (Å²) in [6, 6.07) is 7.29. The molecule has 0 amide bonds. The number of ether oxygens (including phenoxy) is 2. The molecule has 0 fully saturated rings. The second-order valence-electron chi connectivity index (χ2n) is 4.69. The third-order valence-electron chi connectivity index (χ3n) is 3.53. The zero-order valence-corrected chi connectivity index (χ0v) is 15.2. The van der Waals surface area contributed by atoms with E-state index in [1.165, 1.54) is 0 Å². The highest BCUT2D eigenvalue weighted by Crippen LogP contribution is 2.43. The van der Waals surface area contributed by atoms with Crippen LogP contribution in [0.4, 0.5) is 0 Å². The molecule has 0 aromatic heterocycles. The van der Waals surface area contributed by atoms with E-state index in [1.807, 2.05) is 19.1 Å². The lowest BCUT2D eigenvalue weighted by molar-refractivity contribution is 0.414. The fourth-order valence-electron chi connectivity index (χ4n) is 2.25. The van der Waals surface area contributed by atoms with Crippen LogP contribution in [0.25, 0.3) is 0 Å². The maximum Gasteiger partial charge on any atom is 0.138 e. The van der Waals surface area contributed by atoms with Crippen LogP contribution in [0.2, 0.25) is 20.1 Å². The van der Waals surface area contributed by atoms with Crippen molar-refractivity contribution in [1.29, 1.82) is 0 Å². The summed E-state index contributed by atoms with van der Waals surface area (Å²) in [6.07, 6.45) is 0. The molecule has 2 nitrogen and oxygen atoms in total. The SMILES string of the molecule is COc1ccc(C(C)c2ccc(OC)c(Cl)c2Cl)c(Cl)c1Cl. The summed E-state index contributed by atoms with van der Waals surface area (Å²) < 4.78 is 10.3. The van der Waals surface area contributed by atoms with Crippen molar-refractivity contribution in [3.05, 3.63) is 55.5 Å². The van der Waals surface area contributed by atoms with Crippen LogP contribution in [0.5, 0.6) is 11.5 Å². The highest BCUT2D eigenvalue weighted by atomic mass is 35.5. The Labute approximate surface area is 149 Å². The standard InChI is InChI=1S/C16H14Cl4O2/c1-8(9-4-6-11(21-2)15(19)13(9)17)10-5-7-12(22-3)16(20)14(10)18/h4-8H,1-3H3. The maximum atomic E-state index is 6.36. The molecule has 0 saturated carbocycles. The van der Waals surface area contributed by atoms with E-state index in [1.54, 1.807) is 26.4 Å². The first-order chi connectivity index (χ1) is 10.4.